The molecule has 0 aliphatic carbocycles. The van der Waals surface area contributed by atoms with Crippen molar-refractivity contribution < 1.29 is 0 Å². The van der Waals surface area contributed by atoms with Crippen molar-refractivity contribution >= 4 is 33.4 Å². The zero-order valence-electron chi connectivity index (χ0n) is 11.9. The van der Waals surface area contributed by atoms with Crippen LogP contribution in [0, 0.1) is 0 Å². The van der Waals surface area contributed by atoms with Gasteiger partial charge in [-0.05, 0) is 37.1 Å². The predicted molar refractivity (Wildman–Crippen MR) is 90.2 cm³/mol. The summed E-state index contributed by atoms with van der Waals surface area (Å²) >= 11 is 5.66. The first kappa shape index (κ1) is 15.2. The molecule has 0 aromatic heterocycles. The van der Waals surface area contributed by atoms with E-state index in [-0.39, 0.29) is 6.04 Å². The molecule has 2 rings (SSSR count). The zero-order chi connectivity index (χ0) is 14.0. The molecule has 1 saturated heterocycles. The summed E-state index contributed by atoms with van der Waals surface area (Å²) in [6.07, 6.45) is 0.932. The molecule has 3 atom stereocenters. The van der Waals surface area contributed by atoms with Gasteiger partial charge in [0.2, 0.25) is 0 Å². The second kappa shape index (κ2) is 6.51. The van der Waals surface area contributed by atoms with Gasteiger partial charge in [0.15, 0.2) is 0 Å². The van der Waals surface area contributed by atoms with Gasteiger partial charge in [0, 0.05) is 39.8 Å². The van der Waals surface area contributed by atoms with Crippen molar-refractivity contribution in [1.82, 2.24) is 0 Å². The van der Waals surface area contributed by atoms with Crippen LogP contribution in [0.4, 0.5) is 5.69 Å². The van der Waals surface area contributed by atoms with Crippen molar-refractivity contribution in [2.24, 2.45) is 5.73 Å². The normalized spacial score (nSPS) is 25.4. The summed E-state index contributed by atoms with van der Waals surface area (Å²) in [6, 6.07) is 6.78. The Morgan fingerprint density at radius 2 is 2.00 bits per heavy atom. The van der Waals surface area contributed by atoms with Crippen molar-refractivity contribution in [2.45, 2.75) is 43.7 Å². The predicted octanol–water partition coefficient (Wildman–Crippen LogP) is 3.67. The Morgan fingerprint density at radius 1 is 1.37 bits per heavy atom. The number of rotatable bonds is 3. The van der Waals surface area contributed by atoms with Crippen molar-refractivity contribution in [1.29, 1.82) is 0 Å². The van der Waals surface area contributed by atoms with Crippen LogP contribution in [-0.2, 0) is 6.42 Å². The smallest absolute Gasteiger partial charge is 0.0400 e. The van der Waals surface area contributed by atoms with Crippen molar-refractivity contribution in [2.75, 3.05) is 18.0 Å². The lowest BCUT2D eigenvalue weighted by atomic mass is 10.0. The third kappa shape index (κ3) is 4.14. The Balaban J connectivity index is 2.27. The molecule has 0 saturated carbocycles. The molecule has 1 aromatic carbocycles. The van der Waals surface area contributed by atoms with Crippen LogP contribution in [0.2, 0.25) is 0 Å². The van der Waals surface area contributed by atoms with Gasteiger partial charge in [-0.25, -0.2) is 0 Å². The fourth-order valence-corrected chi connectivity index (χ4v) is 4.48. The molecule has 106 valence electrons. The summed E-state index contributed by atoms with van der Waals surface area (Å²) in [5.74, 6) is 0. The van der Waals surface area contributed by atoms with Crippen LogP contribution < -0.4 is 10.6 Å². The molecule has 1 aromatic rings. The number of benzene rings is 1. The highest BCUT2D eigenvalue weighted by Crippen LogP contribution is 2.32. The Kier molecular flexibility index (Phi) is 5.21. The number of anilines is 1. The molecular formula is C15H23BrN2S. The standard InChI is InChI=1S/C15H23BrN2S/c1-10(17)6-13-7-14(16)4-5-15(13)18-8-11(2)19-12(3)9-18/h4-5,7,10-12H,6,8-9,17H2,1-3H3. The lowest BCUT2D eigenvalue weighted by Gasteiger charge is -2.37. The van der Waals surface area contributed by atoms with E-state index in [1.807, 2.05) is 0 Å². The molecule has 0 radical (unpaired) electrons. The van der Waals surface area contributed by atoms with Gasteiger partial charge in [0.1, 0.15) is 0 Å². The van der Waals surface area contributed by atoms with Gasteiger partial charge < -0.3 is 10.6 Å². The minimum absolute atomic E-state index is 0.196. The molecule has 19 heavy (non-hydrogen) atoms. The molecule has 0 spiro atoms. The Labute approximate surface area is 129 Å². The SMILES string of the molecule is CC(N)Cc1cc(Br)ccc1N1CC(C)SC(C)C1. The van der Waals surface area contributed by atoms with Gasteiger partial charge >= 0.3 is 0 Å². The molecule has 2 nitrogen and oxygen atoms in total. The van der Waals surface area contributed by atoms with Crippen molar-refractivity contribution in [3.05, 3.63) is 28.2 Å². The Bertz CT molecular complexity index is 426. The maximum absolute atomic E-state index is 5.99. The Morgan fingerprint density at radius 3 is 2.58 bits per heavy atom. The van der Waals surface area contributed by atoms with Crippen LogP contribution in [-0.4, -0.2) is 29.6 Å². The second-order valence-electron chi connectivity index (χ2n) is 5.62. The minimum Gasteiger partial charge on any atom is -0.369 e. The molecule has 1 heterocycles. The second-order valence-corrected chi connectivity index (χ2v) is 8.41. The largest absolute Gasteiger partial charge is 0.369 e. The van der Waals surface area contributed by atoms with E-state index in [4.69, 9.17) is 5.73 Å². The topological polar surface area (TPSA) is 29.3 Å². The number of hydrogen-bond donors (Lipinski definition) is 1. The summed E-state index contributed by atoms with van der Waals surface area (Å²) in [5.41, 5.74) is 8.71. The third-order valence-corrected chi connectivity index (χ3v) is 5.06. The van der Waals surface area contributed by atoms with E-state index in [1.54, 1.807) is 0 Å². The average Bonchev–Trinajstić information content (AvgIpc) is 2.26. The van der Waals surface area contributed by atoms with Crippen LogP contribution in [0.15, 0.2) is 22.7 Å². The van der Waals surface area contributed by atoms with E-state index in [1.165, 1.54) is 11.3 Å². The maximum atomic E-state index is 5.99. The molecule has 0 amide bonds. The van der Waals surface area contributed by atoms with Gasteiger partial charge in [0.25, 0.3) is 0 Å². The molecule has 1 aliphatic rings. The molecule has 1 fully saturated rings. The Hall–Kier alpha value is -0.190. The summed E-state index contributed by atoms with van der Waals surface area (Å²) in [4.78, 5) is 2.52. The van der Waals surface area contributed by atoms with Crippen LogP contribution in [0.5, 0.6) is 0 Å². The quantitative estimate of drug-likeness (QED) is 0.908. The highest BCUT2D eigenvalue weighted by Gasteiger charge is 2.24. The number of hydrogen-bond acceptors (Lipinski definition) is 3. The zero-order valence-corrected chi connectivity index (χ0v) is 14.3. The lowest BCUT2D eigenvalue weighted by molar-refractivity contribution is 0.705. The lowest BCUT2D eigenvalue weighted by Crippen LogP contribution is -2.41. The first-order chi connectivity index (χ1) is 8.95. The van der Waals surface area contributed by atoms with E-state index in [0.29, 0.717) is 10.5 Å². The number of nitrogens with zero attached hydrogens (tertiary/aromatic N) is 1. The van der Waals surface area contributed by atoms with Crippen LogP contribution in [0.3, 0.4) is 0 Å². The monoisotopic (exact) mass is 342 g/mol. The average molecular weight is 343 g/mol. The van der Waals surface area contributed by atoms with Crippen molar-refractivity contribution in [3.8, 4) is 0 Å². The maximum Gasteiger partial charge on any atom is 0.0400 e. The summed E-state index contributed by atoms with van der Waals surface area (Å²) in [5, 5.41) is 1.38. The first-order valence-electron chi connectivity index (χ1n) is 6.90. The van der Waals surface area contributed by atoms with Crippen LogP contribution in [0.25, 0.3) is 0 Å². The highest BCUT2D eigenvalue weighted by molar-refractivity contribution is 9.10. The van der Waals surface area contributed by atoms with E-state index < -0.39 is 0 Å². The number of halogens is 1. The first-order valence-corrected chi connectivity index (χ1v) is 8.63. The molecule has 1 aliphatic heterocycles. The van der Waals surface area contributed by atoms with Gasteiger partial charge in [-0.15, -0.1) is 0 Å². The molecule has 2 N–H and O–H groups in total. The third-order valence-electron chi connectivity index (χ3n) is 3.34. The minimum atomic E-state index is 0.196. The molecule has 3 unspecified atom stereocenters. The van der Waals surface area contributed by atoms with Gasteiger partial charge in [-0.1, -0.05) is 29.8 Å². The van der Waals surface area contributed by atoms with E-state index in [2.05, 4.69) is 71.6 Å². The molecular weight excluding hydrogens is 320 g/mol. The van der Waals surface area contributed by atoms with E-state index >= 15 is 0 Å². The number of thioether (sulfide) groups is 1. The number of nitrogens with two attached hydrogens (primary N) is 1. The molecule has 0 bridgehead atoms. The summed E-state index contributed by atoms with van der Waals surface area (Å²) in [6.45, 7) is 8.96. The van der Waals surface area contributed by atoms with E-state index in [9.17, 15) is 0 Å². The van der Waals surface area contributed by atoms with Crippen molar-refractivity contribution in [3.63, 3.8) is 0 Å². The fourth-order valence-electron chi connectivity index (χ4n) is 2.75. The molecule has 4 heteroatoms. The van der Waals surface area contributed by atoms with Crippen LogP contribution >= 0.6 is 27.7 Å². The van der Waals surface area contributed by atoms with E-state index in [0.717, 1.165) is 24.0 Å². The van der Waals surface area contributed by atoms with Gasteiger partial charge in [-0.3, -0.25) is 0 Å². The van der Waals surface area contributed by atoms with Gasteiger partial charge in [-0.2, -0.15) is 11.8 Å². The summed E-state index contributed by atoms with van der Waals surface area (Å²) in [7, 11) is 0. The van der Waals surface area contributed by atoms with Crippen LogP contribution in [0.1, 0.15) is 26.3 Å². The highest BCUT2D eigenvalue weighted by atomic mass is 79.9. The van der Waals surface area contributed by atoms with Gasteiger partial charge in [0.05, 0.1) is 0 Å². The fraction of sp³-hybridized carbons (Fsp3) is 0.600. The summed E-state index contributed by atoms with van der Waals surface area (Å²) < 4.78 is 1.14.